The molecule has 0 aromatic heterocycles. The molecule has 370 valence electrons. The van der Waals surface area contributed by atoms with E-state index in [1.165, 1.54) is 31.3 Å². The molecule has 17 nitrogen and oxygen atoms in total. The number of fused-ring (bicyclic) bond motifs is 4. The first-order valence-electron chi connectivity index (χ1n) is 22.5. The summed E-state index contributed by atoms with van der Waals surface area (Å²) in [6, 6.07) is 5.76. The number of anilines is 2. The maximum atomic E-state index is 14.3. The fraction of sp³-hybridized carbons (Fsp3) is 0.636. The molecule has 3 fully saturated rings. The van der Waals surface area contributed by atoms with Crippen molar-refractivity contribution in [2.24, 2.45) is 5.41 Å². The average Bonchev–Trinajstić information content (AvgIpc) is 3.74. The van der Waals surface area contributed by atoms with Crippen LogP contribution in [0.2, 0.25) is 51.4 Å². The zero-order valence-corrected chi connectivity index (χ0v) is 42.1. The van der Waals surface area contributed by atoms with Crippen LogP contribution in [0, 0.1) is 5.41 Å². The molecule has 1 unspecified atom stereocenters. The van der Waals surface area contributed by atoms with Gasteiger partial charge in [0.15, 0.2) is 23.0 Å². The van der Waals surface area contributed by atoms with Crippen molar-refractivity contribution in [2.45, 2.75) is 107 Å². The molecule has 7 rings (SSSR count). The van der Waals surface area contributed by atoms with E-state index in [9.17, 15) is 40.8 Å². The third-order valence-electron chi connectivity index (χ3n) is 12.7. The Kier molecular flexibility index (Phi) is 14.4. The Morgan fingerprint density at radius 2 is 1.16 bits per heavy atom. The number of hydrogen-bond acceptors (Lipinski definition) is 13. The van der Waals surface area contributed by atoms with Gasteiger partial charge < -0.3 is 38.2 Å². The van der Waals surface area contributed by atoms with E-state index in [0.717, 1.165) is 29.8 Å². The summed E-state index contributed by atoms with van der Waals surface area (Å²) in [4.78, 5) is 62.2. The average molecular weight is 999 g/mol. The van der Waals surface area contributed by atoms with Gasteiger partial charge in [-0.2, -0.15) is 21.6 Å². The highest BCUT2D eigenvalue weighted by Crippen LogP contribution is 2.56. The summed E-state index contributed by atoms with van der Waals surface area (Å²) in [5.41, 5.74) is -4.96. The zero-order valence-electron chi connectivity index (χ0n) is 39.3. The van der Waals surface area contributed by atoms with Gasteiger partial charge in [-0.25, -0.2) is 0 Å². The molecule has 2 aromatic carbocycles. The second kappa shape index (κ2) is 19.2. The summed E-state index contributed by atoms with van der Waals surface area (Å²) in [5, 5.41) is 0. The quantitative estimate of drug-likeness (QED) is 0.0624. The van der Waals surface area contributed by atoms with E-state index in [1.54, 1.807) is 21.9 Å². The lowest BCUT2D eigenvalue weighted by molar-refractivity contribution is -0.124. The molecule has 0 bridgehead atoms. The first kappa shape index (κ1) is 50.5. The van der Waals surface area contributed by atoms with Gasteiger partial charge in [-0.05, 0) is 48.9 Å². The molecular weight excluding hydrogens is 938 g/mol. The summed E-state index contributed by atoms with van der Waals surface area (Å²) in [7, 11) is -6.20. The molecule has 4 amide bonds. The number of halogens is 3. The van der Waals surface area contributed by atoms with E-state index in [2.05, 4.69) is 43.5 Å². The predicted molar refractivity (Wildman–Crippen MR) is 245 cm³/mol. The smallest absolute Gasteiger partial charge is 0.493 e. The van der Waals surface area contributed by atoms with Crippen LogP contribution in [0.25, 0.3) is 0 Å². The highest BCUT2D eigenvalue weighted by molar-refractivity contribution is 7.87. The molecule has 5 aliphatic rings. The minimum Gasteiger partial charge on any atom is -0.493 e. The number of methoxy groups -OCH3 is 2. The summed E-state index contributed by atoms with van der Waals surface area (Å²) in [5.74, 6) is -1.05. The first-order chi connectivity index (χ1) is 31.4. The third kappa shape index (κ3) is 11.1. The van der Waals surface area contributed by atoms with Crippen LogP contribution < -0.4 is 28.7 Å². The van der Waals surface area contributed by atoms with Crippen LogP contribution in [0.4, 0.5) is 24.5 Å². The minimum atomic E-state index is -6.01. The van der Waals surface area contributed by atoms with E-state index in [4.69, 9.17) is 28.4 Å². The zero-order chi connectivity index (χ0) is 48.9. The molecule has 3 atom stereocenters. The molecule has 0 radical (unpaired) electrons. The van der Waals surface area contributed by atoms with Crippen LogP contribution in [-0.4, -0.2) is 149 Å². The Labute approximate surface area is 391 Å². The number of amides is 4. The fourth-order valence-corrected chi connectivity index (χ4v) is 10.8. The normalized spacial score (nSPS) is 21.5. The van der Waals surface area contributed by atoms with Gasteiger partial charge in [-0.15, -0.1) is 0 Å². The number of carbonyl (C=O) groups is 4. The number of nitrogens with zero attached hydrogens (tertiary/aromatic N) is 4. The van der Waals surface area contributed by atoms with Gasteiger partial charge in [-0.1, -0.05) is 39.3 Å². The topological polar surface area (TPSA) is 180 Å². The summed E-state index contributed by atoms with van der Waals surface area (Å²) in [6.07, 6.45) is 0.730. The van der Waals surface area contributed by atoms with Gasteiger partial charge in [-0.3, -0.25) is 33.2 Å². The van der Waals surface area contributed by atoms with Crippen LogP contribution in [0.15, 0.2) is 24.3 Å². The number of benzene rings is 2. The highest BCUT2D eigenvalue weighted by Gasteiger charge is 2.58. The first-order valence-corrected chi connectivity index (χ1v) is 31.3. The lowest BCUT2D eigenvalue weighted by Gasteiger charge is -2.27. The van der Waals surface area contributed by atoms with Crippen molar-refractivity contribution < 1.29 is 73.4 Å². The van der Waals surface area contributed by atoms with E-state index in [0.29, 0.717) is 48.7 Å². The van der Waals surface area contributed by atoms with E-state index in [-0.39, 0.29) is 73.3 Å². The monoisotopic (exact) mass is 998 g/mol. The third-order valence-corrected chi connectivity index (χ3v) is 17.2. The largest absolute Gasteiger partial charge is 0.523 e. The second-order valence-electron chi connectivity index (χ2n) is 20.3. The van der Waals surface area contributed by atoms with Crippen molar-refractivity contribution in [2.75, 3.05) is 77.0 Å². The lowest BCUT2D eigenvalue weighted by Crippen LogP contribution is -2.45. The molecule has 4 aliphatic heterocycles. The Morgan fingerprint density at radius 1 is 0.687 bits per heavy atom. The van der Waals surface area contributed by atoms with Gasteiger partial charge in [0.25, 0.3) is 23.6 Å². The summed E-state index contributed by atoms with van der Waals surface area (Å²) in [6.45, 7) is 13.7. The van der Waals surface area contributed by atoms with Crippen LogP contribution in [0.5, 0.6) is 23.0 Å². The molecule has 2 aromatic rings. The molecule has 1 spiro atoms. The second-order valence-corrected chi connectivity index (χ2v) is 33.1. The molecule has 23 heteroatoms. The Bertz CT molecular complexity index is 2360. The molecule has 4 heterocycles. The van der Waals surface area contributed by atoms with E-state index >= 15 is 0 Å². The van der Waals surface area contributed by atoms with Crippen molar-refractivity contribution in [3.8, 4) is 23.0 Å². The van der Waals surface area contributed by atoms with Gasteiger partial charge >= 0.3 is 15.6 Å². The maximum absolute atomic E-state index is 14.3. The van der Waals surface area contributed by atoms with Crippen molar-refractivity contribution in [1.82, 2.24) is 9.80 Å². The van der Waals surface area contributed by atoms with Crippen LogP contribution >= 0.6 is 0 Å². The minimum absolute atomic E-state index is 0.0119. The van der Waals surface area contributed by atoms with Crippen molar-refractivity contribution >= 4 is 61.3 Å². The van der Waals surface area contributed by atoms with Gasteiger partial charge in [0.05, 0.1) is 56.0 Å². The number of ether oxygens (including phenoxy) is 6. The van der Waals surface area contributed by atoms with Gasteiger partial charge in [0, 0.05) is 67.4 Å². The van der Waals surface area contributed by atoms with Crippen molar-refractivity contribution in [3.05, 3.63) is 35.4 Å². The number of carbonyl (C=O) groups excluding carboxylic acids is 4. The SMILES string of the molecule is COc1cc2c(cc1OCCCOc1cc3c(cc1OC)C(=O)N1CC4(CC4)C[C@H]1C(=O)N3COCC[Si](C)(C)C)N(COCC[Si](C)(C)C)C(=O)[C@@H]1CC(OS(=O)(=O)C(F)(F)F)CN1C2=O. The standard InChI is InChI=1S/C44H61F3N4O13SSi2/c1-58-35-19-29-31(50(26-60-14-16-66(3,4)5)41(54)33-18-28(24-48(33)39(29)52)64-65(56,57)44(45,46)47)21-37(35)62-12-9-13-63-38-22-32-30(20-36(38)59-2)40(53)49-25-43(10-11-43)23-34(49)42(55)51(32)27-61-15-17-67(6,7)8/h19-22,28,33-34H,9-18,23-27H2,1-8H3/t28?,33-,34-/m0/s1. The number of rotatable bonds is 20. The highest BCUT2D eigenvalue weighted by atomic mass is 32.2. The van der Waals surface area contributed by atoms with E-state index in [1.807, 2.05) is 0 Å². The van der Waals surface area contributed by atoms with Crippen molar-refractivity contribution in [3.63, 3.8) is 0 Å². The summed E-state index contributed by atoms with van der Waals surface area (Å²) < 4.78 is 104. The molecule has 0 N–H and O–H groups in total. The molecule has 1 saturated carbocycles. The maximum Gasteiger partial charge on any atom is 0.523 e. The van der Waals surface area contributed by atoms with E-state index < -0.39 is 74.7 Å². The van der Waals surface area contributed by atoms with Crippen molar-refractivity contribution in [1.29, 1.82) is 0 Å². The van der Waals surface area contributed by atoms with Crippen LogP contribution in [0.3, 0.4) is 0 Å². The number of alkyl halides is 3. The van der Waals surface area contributed by atoms with Gasteiger partial charge in [0.2, 0.25) is 0 Å². The molecule has 67 heavy (non-hydrogen) atoms. The Morgan fingerprint density at radius 3 is 1.61 bits per heavy atom. The van der Waals surface area contributed by atoms with Crippen LogP contribution in [0.1, 0.15) is 52.8 Å². The summed E-state index contributed by atoms with van der Waals surface area (Å²) >= 11 is 0. The van der Waals surface area contributed by atoms with Crippen LogP contribution in [-0.2, 0) is 33.4 Å². The fourth-order valence-electron chi connectivity index (χ4n) is 8.69. The lowest BCUT2D eigenvalue weighted by atomic mass is 10.0. The van der Waals surface area contributed by atoms with Gasteiger partial charge in [0.1, 0.15) is 25.5 Å². The molecule has 2 saturated heterocycles. The Balaban J connectivity index is 1.08. The Hall–Kier alpha value is -4.43. The molecular formula is C44H61F3N4O13SSi2. The molecule has 1 aliphatic carbocycles. The number of hydrogen-bond donors (Lipinski definition) is 0. The predicted octanol–water partition coefficient (Wildman–Crippen LogP) is 6.31.